The minimum absolute atomic E-state index is 0.0325. The molecule has 1 N–H and O–H groups in total. The van der Waals surface area contributed by atoms with Gasteiger partial charge in [0.2, 0.25) is 10.0 Å². The van der Waals surface area contributed by atoms with Crippen LogP contribution in [0.3, 0.4) is 0 Å². The number of benzene rings is 2. The number of carbonyl (C=O) groups excluding carboxylic acids is 1. The van der Waals surface area contributed by atoms with Crippen LogP contribution in [0.5, 0.6) is 5.75 Å². The Morgan fingerprint density at radius 1 is 1.13 bits per heavy atom. The quantitative estimate of drug-likeness (QED) is 0.599. The van der Waals surface area contributed by atoms with E-state index in [0.29, 0.717) is 31.4 Å². The van der Waals surface area contributed by atoms with E-state index >= 15 is 0 Å². The summed E-state index contributed by atoms with van der Waals surface area (Å²) in [4.78, 5) is 14.8. The number of sulfonamides is 1. The number of carbonyl (C=O) groups is 1. The van der Waals surface area contributed by atoms with E-state index in [1.807, 2.05) is 30.3 Å². The number of hydrogen-bond donors (Lipinski definition) is 1. The first-order chi connectivity index (χ1) is 14.9. The lowest BCUT2D eigenvalue weighted by atomic mass is 9.98. The lowest BCUT2D eigenvalue weighted by molar-refractivity contribution is 0.0693. The first-order valence-corrected chi connectivity index (χ1v) is 12.0. The molecule has 2 aromatic carbocycles. The Morgan fingerprint density at radius 3 is 2.52 bits per heavy atom. The highest BCUT2D eigenvalue weighted by molar-refractivity contribution is 7.89. The van der Waals surface area contributed by atoms with Crippen molar-refractivity contribution in [2.24, 2.45) is 5.92 Å². The first kappa shape index (κ1) is 23.2. The van der Waals surface area contributed by atoms with Crippen LogP contribution in [0.15, 0.2) is 53.4 Å². The van der Waals surface area contributed by atoms with Crippen LogP contribution in [-0.4, -0.2) is 52.6 Å². The van der Waals surface area contributed by atoms with Gasteiger partial charge in [-0.25, -0.2) is 13.1 Å². The lowest BCUT2D eigenvalue weighted by Gasteiger charge is -2.30. The zero-order chi connectivity index (χ0) is 22.3. The highest BCUT2D eigenvalue weighted by Crippen LogP contribution is 2.26. The summed E-state index contributed by atoms with van der Waals surface area (Å²) >= 11 is 0. The molecule has 1 amide bonds. The summed E-state index contributed by atoms with van der Waals surface area (Å²) < 4.78 is 38.8. The second kappa shape index (κ2) is 10.7. The normalized spacial score (nSPS) is 15.1. The van der Waals surface area contributed by atoms with Crippen molar-refractivity contribution < 1.29 is 22.7 Å². The molecule has 0 saturated carbocycles. The fourth-order valence-corrected chi connectivity index (χ4v) is 4.54. The Labute approximate surface area is 184 Å². The molecular formula is C23H30N2O5S. The largest absolute Gasteiger partial charge is 0.496 e. The number of methoxy groups -OCH3 is 1. The Bertz CT molecular complexity index is 971. The summed E-state index contributed by atoms with van der Waals surface area (Å²) in [5.41, 5.74) is 1.29. The minimum Gasteiger partial charge on any atom is -0.496 e. The average molecular weight is 447 g/mol. The van der Waals surface area contributed by atoms with Gasteiger partial charge >= 0.3 is 0 Å². The van der Waals surface area contributed by atoms with Crippen molar-refractivity contribution in [2.45, 2.75) is 31.3 Å². The van der Waals surface area contributed by atoms with Crippen molar-refractivity contribution >= 4 is 15.9 Å². The molecule has 0 spiro atoms. The molecule has 0 radical (unpaired) electrons. The second-order valence-corrected chi connectivity index (χ2v) is 9.54. The minimum atomic E-state index is -3.78. The second-order valence-electron chi connectivity index (χ2n) is 7.77. The van der Waals surface area contributed by atoms with E-state index < -0.39 is 10.0 Å². The van der Waals surface area contributed by atoms with Crippen molar-refractivity contribution in [3.05, 3.63) is 59.7 Å². The van der Waals surface area contributed by atoms with E-state index in [0.717, 1.165) is 18.4 Å². The van der Waals surface area contributed by atoms with Crippen LogP contribution in [0.4, 0.5) is 0 Å². The average Bonchev–Trinajstić information content (AvgIpc) is 2.79. The van der Waals surface area contributed by atoms with Crippen LogP contribution in [0.2, 0.25) is 0 Å². The highest BCUT2D eigenvalue weighted by Gasteiger charge is 2.26. The van der Waals surface area contributed by atoms with Gasteiger partial charge in [0.1, 0.15) is 5.75 Å². The Kier molecular flexibility index (Phi) is 8.06. The van der Waals surface area contributed by atoms with Gasteiger partial charge < -0.3 is 14.4 Å². The zero-order valence-electron chi connectivity index (χ0n) is 18.0. The van der Waals surface area contributed by atoms with Gasteiger partial charge in [-0.3, -0.25) is 4.79 Å². The van der Waals surface area contributed by atoms with Crippen molar-refractivity contribution in [3.63, 3.8) is 0 Å². The van der Waals surface area contributed by atoms with E-state index in [1.54, 1.807) is 4.90 Å². The Hall–Kier alpha value is -2.42. The van der Waals surface area contributed by atoms with Crippen molar-refractivity contribution in [1.82, 2.24) is 9.62 Å². The van der Waals surface area contributed by atoms with E-state index in [-0.39, 0.29) is 29.5 Å². The molecule has 0 unspecified atom stereocenters. The standard InChI is InChI=1S/C23H30N2O5S/c1-18-10-13-25(14-11-18)23(26)21-16-20(8-9-22(21)29-2)31(27,28)24-12-15-30-17-19-6-4-3-5-7-19/h3-9,16,18,24H,10-15,17H2,1-2H3. The van der Waals surface area contributed by atoms with Crippen LogP contribution < -0.4 is 9.46 Å². The maximum Gasteiger partial charge on any atom is 0.257 e. The first-order valence-electron chi connectivity index (χ1n) is 10.5. The SMILES string of the molecule is COc1ccc(S(=O)(=O)NCCOCc2ccccc2)cc1C(=O)N1CCC(C)CC1. The maximum atomic E-state index is 13.0. The summed E-state index contributed by atoms with van der Waals surface area (Å²) in [5.74, 6) is 0.756. The monoisotopic (exact) mass is 446 g/mol. The third kappa shape index (κ3) is 6.29. The molecule has 1 heterocycles. The number of amides is 1. The predicted octanol–water partition coefficient (Wildman–Crippen LogP) is 3.06. The smallest absolute Gasteiger partial charge is 0.257 e. The van der Waals surface area contributed by atoms with Crippen molar-refractivity contribution in [3.8, 4) is 5.75 Å². The van der Waals surface area contributed by atoms with E-state index in [2.05, 4.69) is 11.6 Å². The topological polar surface area (TPSA) is 84.9 Å². The van der Waals surface area contributed by atoms with Gasteiger partial charge in [0, 0.05) is 19.6 Å². The number of piperidine rings is 1. The van der Waals surface area contributed by atoms with Crippen LogP contribution in [0.1, 0.15) is 35.7 Å². The predicted molar refractivity (Wildman–Crippen MR) is 119 cm³/mol. The maximum absolute atomic E-state index is 13.0. The Morgan fingerprint density at radius 2 is 1.84 bits per heavy atom. The summed E-state index contributed by atoms with van der Waals surface area (Å²) in [7, 11) is -2.31. The summed E-state index contributed by atoms with van der Waals surface area (Å²) in [5, 5.41) is 0. The molecule has 7 nitrogen and oxygen atoms in total. The van der Waals surface area contributed by atoms with Crippen LogP contribution in [-0.2, 0) is 21.4 Å². The molecule has 8 heteroatoms. The molecule has 0 atom stereocenters. The van der Waals surface area contributed by atoms with Crippen molar-refractivity contribution in [2.75, 3.05) is 33.4 Å². The van der Waals surface area contributed by atoms with E-state index in [4.69, 9.17) is 9.47 Å². The molecule has 0 aromatic heterocycles. The number of nitrogens with zero attached hydrogens (tertiary/aromatic N) is 1. The number of ether oxygens (including phenoxy) is 2. The fraction of sp³-hybridized carbons (Fsp3) is 0.435. The molecule has 2 aromatic rings. The van der Waals surface area contributed by atoms with Gasteiger partial charge in [0.25, 0.3) is 5.91 Å². The third-order valence-corrected chi connectivity index (χ3v) is 6.89. The molecule has 1 aliphatic rings. The van der Waals surface area contributed by atoms with Crippen molar-refractivity contribution in [1.29, 1.82) is 0 Å². The molecule has 1 saturated heterocycles. The lowest BCUT2D eigenvalue weighted by Crippen LogP contribution is -2.38. The summed E-state index contributed by atoms with van der Waals surface area (Å²) in [6.07, 6.45) is 1.88. The molecule has 31 heavy (non-hydrogen) atoms. The fourth-order valence-electron chi connectivity index (χ4n) is 3.50. The van der Waals surface area contributed by atoms with Gasteiger partial charge in [-0.05, 0) is 42.5 Å². The van der Waals surface area contributed by atoms with Gasteiger partial charge in [0.05, 0.1) is 30.8 Å². The molecule has 3 rings (SSSR count). The summed E-state index contributed by atoms with van der Waals surface area (Å²) in [6.45, 7) is 4.29. The molecular weight excluding hydrogens is 416 g/mol. The van der Waals surface area contributed by atoms with Gasteiger partial charge in [-0.1, -0.05) is 37.3 Å². The van der Waals surface area contributed by atoms with Gasteiger partial charge in [-0.15, -0.1) is 0 Å². The zero-order valence-corrected chi connectivity index (χ0v) is 18.9. The van der Waals surface area contributed by atoms with Crippen LogP contribution >= 0.6 is 0 Å². The number of nitrogens with one attached hydrogen (secondary N) is 1. The molecule has 1 fully saturated rings. The highest BCUT2D eigenvalue weighted by atomic mass is 32.2. The molecule has 0 aliphatic carbocycles. The number of rotatable bonds is 9. The van der Waals surface area contributed by atoms with E-state index in [1.165, 1.54) is 25.3 Å². The number of hydrogen-bond acceptors (Lipinski definition) is 5. The van der Waals surface area contributed by atoms with Gasteiger partial charge in [-0.2, -0.15) is 0 Å². The van der Waals surface area contributed by atoms with Crippen LogP contribution in [0, 0.1) is 5.92 Å². The van der Waals surface area contributed by atoms with Gasteiger partial charge in [0.15, 0.2) is 0 Å². The summed E-state index contributed by atoms with van der Waals surface area (Å²) in [6, 6.07) is 14.0. The van der Waals surface area contributed by atoms with Crippen LogP contribution in [0.25, 0.3) is 0 Å². The third-order valence-electron chi connectivity index (χ3n) is 5.43. The molecule has 0 bridgehead atoms. The molecule has 1 aliphatic heterocycles. The number of likely N-dealkylation sites (tertiary alicyclic amines) is 1. The van der Waals surface area contributed by atoms with E-state index in [9.17, 15) is 13.2 Å². The Balaban J connectivity index is 1.62. The molecule has 168 valence electrons.